The fourth-order valence-corrected chi connectivity index (χ4v) is 2.83. The van der Waals surface area contributed by atoms with E-state index in [4.69, 9.17) is 10.2 Å². The zero-order chi connectivity index (χ0) is 14.0. The maximum atomic E-state index is 11.6. The number of anilines is 1. The molecule has 0 bridgehead atoms. The standard InChI is InChI=1S/C10H12N4O3S2/c1-6-13-14-10(17-6)18-9-4-3-7(5-8(9)11)19(15,16)12-2/h3-5,12H,11H2,1-2H3. The van der Waals surface area contributed by atoms with E-state index in [-0.39, 0.29) is 4.90 Å². The number of sulfonamides is 1. The molecule has 7 nitrogen and oxygen atoms in total. The van der Waals surface area contributed by atoms with Crippen molar-refractivity contribution in [3.05, 3.63) is 24.1 Å². The first-order valence-corrected chi connectivity index (χ1v) is 7.53. The second-order valence-electron chi connectivity index (χ2n) is 3.60. The van der Waals surface area contributed by atoms with Gasteiger partial charge in [-0.25, -0.2) is 13.1 Å². The Morgan fingerprint density at radius 2 is 2.11 bits per heavy atom. The number of aryl methyl sites for hydroxylation is 1. The smallest absolute Gasteiger partial charge is 0.281 e. The Hall–Kier alpha value is -1.58. The van der Waals surface area contributed by atoms with Crippen LogP contribution in [0.3, 0.4) is 0 Å². The number of nitrogens with two attached hydrogens (primary N) is 1. The third-order valence-corrected chi connectivity index (χ3v) is 4.61. The summed E-state index contributed by atoms with van der Waals surface area (Å²) in [6, 6.07) is 4.45. The van der Waals surface area contributed by atoms with Crippen LogP contribution >= 0.6 is 11.8 Å². The van der Waals surface area contributed by atoms with E-state index in [1.54, 1.807) is 13.0 Å². The number of nitrogens with zero attached hydrogens (tertiary/aromatic N) is 2. The van der Waals surface area contributed by atoms with Crippen LogP contribution in [-0.4, -0.2) is 25.7 Å². The molecule has 0 radical (unpaired) electrons. The van der Waals surface area contributed by atoms with Gasteiger partial charge in [0.25, 0.3) is 5.22 Å². The fraction of sp³-hybridized carbons (Fsp3) is 0.200. The Labute approximate surface area is 114 Å². The SMILES string of the molecule is CNS(=O)(=O)c1ccc(Sc2nnc(C)o2)c(N)c1. The number of hydrogen-bond acceptors (Lipinski definition) is 7. The summed E-state index contributed by atoms with van der Waals surface area (Å²) in [7, 11) is -2.15. The van der Waals surface area contributed by atoms with Crippen molar-refractivity contribution in [2.75, 3.05) is 12.8 Å². The van der Waals surface area contributed by atoms with Crippen molar-refractivity contribution in [1.82, 2.24) is 14.9 Å². The molecule has 1 aromatic heterocycles. The summed E-state index contributed by atoms with van der Waals surface area (Å²) >= 11 is 1.18. The van der Waals surface area contributed by atoms with Gasteiger partial charge < -0.3 is 10.2 Å². The Kier molecular flexibility index (Phi) is 3.78. The van der Waals surface area contributed by atoms with Crippen LogP contribution in [0.2, 0.25) is 0 Å². The number of nitrogens with one attached hydrogen (secondary N) is 1. The summed E-state index contributed by atoms with van der Waals surface area (Å²) in [5.74, 6) is 0.454. The van der Waals surface area contributed by atoms with Crippen molar-refractivity contribution >= 4 is 27.5 Å². The zero-order valence-electron chi connectivity index (χ0n) is 10.2. The lowest BCUT2D eigenvalue weighted by Gasteiger charge is -2.06. The molecule has 3 N–H and O–H groups in total. The third kappa shape index (κ3) is 3.06. The predicted octanol–water partition coefficient (Wildman–Crippen LogP) is 1.02. The average Bonchev–Trinajstić information content (AvgIpc) is 2.77. The summed E-state index contributed by atoms with van der Waals surface area (Å²) in [6.07, 6.45) is 0. The summed E-state index contributed by atoms with van der Waals surface area (Å²) in [5.41, 5.74) is 6.16. The number of aromatic nitrogens is 2. The van der Waals surface area contributed by atoms with E-state index >= 15 is 0 Å². The second kappa shape index (κ2) is 5.19. The van der Waals surface area contributed by atoms with E-state index in [0.29, 0.717) is 21.7 Å². The molecule has 0 aliphatic heterocycles. The van der Waals surface area contributed by atoms with E-state index in [0.717, 1.165) is 0 Å². The van der Waals surface area contributed by atoms with Gasteiger partial charge in [0.1, 0.15) is 0 Å². The van der Waals surface area contributed by atoms with Gasteiger partial charge in [-0.05, 0) is 37.0 Å². The Morgan fingerprint density at radius 1 is 1.37 bits per heavy atom. The van der Waals surface area contributed by atoms with Crippen LogP contribution in [0, 0.1) is 6.92 Å². The molecule has 0 aliphatic rings. The van der Waals surface area contributed by atoms with Crippen molar-refractivity contribution in [3.8, 4) is 0 Å². The molecule has 0 saturated heterocycles. The van der Waals surface area contributed by atoms with Crippen LogP contribution < -0.4 is 10.5 Å². The molecule has 0 fully saturated rings. The van der Waals surface area contributed by atoms with E-state index in [2.05, 4.69) is 14.9 Å². The maximum absolute atomic E-state index is 11.6. The number of nitrogen functional groups attached to an aromatic ring is 1. The highest BCUT2D eigenvalue weighted by atomic mass is 32.2. The minimum absolute atomic E-state index is 0.110. The van der Waals surface area contributed by atoms with Crippen LogP contribution in [0.15, 0.2) is 37.6 Å². The molecule has 102 valence electrons. The van der Waals surface area contributed by atoms with E-state index in [1.807, 2.05) is 0 Å². The van der Waals surface area contributed by atoms with Crippen molar-refractivity contribution < 1.29 is 12.8 Å². The molecule has 2 rings (SSSR count). The third-order valence-electron chi connectivity index (χ3n) is 2.27. The summed E-state index contributed by atoms with van der Waals surface area (Å²) in [5, 5.41) is 7.88. The van der Waals surface area contributed by atoms with Gasteiger partial charge in [-0.15, -0.1) is 10.2 Å². The summed E-state index contributed by atoms with van der Waals surface area (Å²) in [6.45, 7) is 1.68. The van der Waals surface area contributed by atoms with Gasteiger partial charge in [-0.3, -0.25) is 0 Å². The van der Waals surface area contributed by atoms with Crippen molar-refractivity contribution in [2.24, 2.45) is 0 Å². The van der Waals surface area contributed by atoms with Crippen molar-refractivity contribution in [3.63, 3.8) is 0 Å². The fourth-order valence-electron chi connectivity index (χ4n) is 1.32. The molecule has 1 aromatic carbocycles. The Morgan fingerprint density at radius 3 is 2.63 bits per heavy atom. The average molecular weight is 300 g/mol. The first-order valence-electron chi connectivity index (χ1n) is 5.23. The highest BCUT2D eigenvalue weighted by Crippen LogP contribution is 2.32. The largest absolute Gasteiger partial charge is 0.416 e. The number of rotatable bonds is 4. The van der Waals surface area contributed by atoms with Crippen LogP contribution in [0.1, 0.15) is 5.89 Å². The molecule has 0 unspecified atom stereocenters. The molecule has 0 spiro atoms. The van der Waals surface area contributed by atoms with Crippen molar-refractivity contribution in [2.45, 2.75) is 21.9 Å². The maximum Gasteiger partial charge on any atom is 0.281 e. The van der Waals surface area contributed by atoms with Crippen LogP contribution in [0.5, 0.6) is 0 Å². The molecule has 19 heavy (non-hydrogen) atoms. The lowest BCUT2D eigenvalue weighted by molar-refractivity contribution is 0.429. The molecular weight excluding hydrogens is 288 g/mol. The molecular formula is C10H12N4O3S2. The van der Waals surface area contributed by atoms with Gasteiger partial charge in [0.2, 0.25) is 15.9 Å². The van der Waals surface area contributed by atoms with Gasteiger partial charge in [0.05, 0.1) is 4.90 Å². The van der Waals surface area contributed by atoms with Gasteiger partial charge in [0, 0.05) is 17.5 Å². The molecule has 0 aliphatic carbocycles. The topological polar surface area (TPSA) is 111 Å². The Balaban J connectivity index is 2.30. The second-order valence-corrected chi connectivity index (χ2v) is 6.48. The summed E-state index contributed by atoms with van der Waals surface area (Å²) in [4.78, 5) is 0.761. The minimum atomic E-state index is -3.50. The summed E-state index contributed by atoms with van der Waals surface area (Å²) < 4.78 is 30.7. The van der Waals surface area contributed by atoms with E-state index < -0.39 is 10.0 Å². The van der Waals surface area contributed by atoms with Gasteiger partial charge >= 0.3 is 0 Å². The first kappa shape index (κ1) is 13.8. The molecule has 9 heteroatoms. The van der Waals surface area contributed by atoms with Gasteiger partial charge in [-0.2, -0.15) is 0 Å². The van der Waals surface area contributed by atoms with Crippen LogP contribution in [-0.2, 0) is 10.0 Å². The van der Waals surface area contributed by atoms with Crippen LogP contribution in [0.4, 0.5) is 5.69 Å². The Bertz CT molecular complexity index is 697. The zero-order valence-corrected chi connectivity index (χ0v) is 11.9. The van der Waals surface area contributed by atoms with Gasteiger partial charge in [0.15, 0.2) is 0 Å². The molecule has 0 atom stereocenters. The van der Waals surface area contributed by atoms with Crippen molar-refractivity contribution in [1.29, 1.82) is 0 Å². The number of benzene rings is 1. The monoisotopic (exact) mass is 300 g/mol. The highest BCUT2D eigenvalue weighted by molar-refractivity contribution is 7.99. The molecule has 1 heterocycles. The predicted molar refractivity (Wildman–Crippen MR) is 70.3 cm³/mol. The normalized spacial score (nSPS) is 11.7. The van der Waals surface area contributed by atoms with Gasteiger partial charge in [-0.1, -0.05) is 0 Å². The molecule has 2 aromatic rings. The van der Waals surface area contributed by atoms with E-state index in [9.17, 15) is 8.42 Å². The lowest BCUT2D eigenvalue weighted by Crippen LogP contribution is -2.18. The quantitative estimate of drug-likeness (QED) is 0.811. The lowest BCUT2D eigenvalue weighted by atomic mass is 10.3. The highest BCUT2D eigenvalue weighted by Gasteiger charge is 2.14. The molecule has 0 amide bonds. The minimum Gasteiger partial charge on any atom is -0.416 e. The van der Waals surface area contributed by atoms with Crippen LogP contribution in [0.25, 0.3) is 0 Å². The molecule has 0 saturated carbocycles. The van der Waals surface area contributed by atoms with E-state index in [1.165, 1.54) is 30.9 Å². The first-order chi connectivity index (χ1) is 8.92. The number of hydrogen-bond donors (Lipinski definition) is 2.